The van der Waals surface area contributed by atoms with Crippen LogP contribution >= 0.6 is 0 Å². The van der Waals surface area contributed by atoms with Crippen LogP contribution in [-0.4, -0.2) is 12.1 Å². The number of hydrogen-bond donors (Lipinski definition) is 1. The lowest BCUT2D eigenvalue weighted by atomic mass is 9.84. The lowest BCUT2D eigenvalue weighted by Crippen LogP contribution is -2.39. The van der Waals surface area contributed by atoms with Crippen molar-refractivity contribution < 1.29 is 0 Å². The van der Waals surface area contributed by atoms with Gasteiger partial charge >= 0.3 is 0 Å². The van der Waals surface area contributed by atoms with Crippen LogP contribution in [0.5, 0.6) is 0 Å². The van der Waals surface area contributed by atoms with E-state index in [4.69, 9.17) is 0 Å². The molecule has 0 aromatic heterocycles. The summed E-state index contributed by atoms with van der Waals surface area (Å²) in [5.41, 5.74) is 0. The van der Waals surface area contributed by atoms with Gasteiger partial charge in [0.1, 0.15) is 0 Å². The molecule has 2 nitrogen and oxygen atoms in total. The molecular formula is C15H26N2. The molecule has 2 heteroatoms. The van der Waals surface area contributed by atoms with E-state index >= 15 is 0 Å². The summed E-state index contributed by atoms with van der Waals surface area (Å²) in [5.74, 6) is 0.810. The van der Waals surface area contributed by atoms with Crippen LogP contribution in [0.3, 0.4) is 0 Å². The molecule has 0 heterocycles. The summed E-state index contributed by atoms with van der Waals surface area (Å²) in [6.07, 6.45) is 14.6. The molecule has 2 aliphatic carbocycles. The minimum Gasteiger partial charge on any atom is -0.299 e. The maximum Gasteiger partial charge on any atom is 0.0957 e. The van der Waals surface area contributed by atoms with Gasteiger partial charge in [-0.05, 0) is 25.2 Å². The Bertz CT molecular complexity index is 224. The third kappa shape index (κ3) is 4.32. The van der Waals surface area contributed by atoms with Crippen LogP contribution in [0.25, 0.3) is 0 Å². The van der Waals surface area contributed by atoms with Crippen molar-refractivity contribution in [2.75, 3.05) is 0 Å². The van der Waals surface area contributed by atoms with E-state index in [1.165, 1.54) is 64.2 Å². The predicted octanol–water partition coefficient (Wildman–Crippen LogP) is 3.77. The topological polar surface area (TPSA) is 35.8 Å². The zero-order valence-electron chi connectivity index (χ0n) is 11.0. The quantitative estimate of drug-likeness (QED) is 0.803. The maximum atomic E-state index is 9.27. The number of nitrogens with zero attached hydrogens (tertiary/aromatic N) is 1. The van der Waals surface area contributed by atoms with Crippen molar-refractivity contribution in [3.63, 3.8) is 0 Å². The number of nitriles is 1. The van der Waals surface area contributed by atoms with Crippen LogP contribution in [0.15, 0.2) is 0 Å². The average molecular weight is 234 g/mol. The fourth-order valence-electron chi connectivity index (χ4n) is 3.47. The summed E-state index contributed by atoms with van der Waals surface area (Å²) in [5, 5.41) is 12.9. The maximum absolute atomic E-state index is 9.27. The molecular weight excluding hydrogens is 208 g/mol. The van der Waals surface area contributed by atoms with Gasteiger partial charge in [0.2, 0.25) is 0 Å². The second-order valence-electron chi connectivity index (χ2n) is 5.92. The summed E-state index contributed by atoms with van der Waals surface area (Å²) in [6, 6.07) is 3.22. The Kier molecular flexibility index (Phi) is 5.32. The smallest absolute Gasteiger partial charge is 0.0957 e. The van der Waals surface area contributed by atoms with E-state index in [0.717, 1.165) is 12.3 Å². The number of nitrogens with one attached hydrogen (secondary N) is 1. The second kappa shape index (κ2) is 7.01. The Morgan fingerprint density at radius 1 is 0.941 bits per heavy atom. The van der Waals surface area contributed by atoms with E-state index in [2.05, 4.69) is 11.4 Å². The van der Waals surface area contributed by atoms with Gasteiger partial charge in [0.25, 0.3) is 0 Å². The van der Waals surface area contributed by atoms with E-state index in [0.29, 0.717) is 6.04 Å². The van der Waals surface area contributed by atoms with Gasteiger partial charge in [0.15, 0.2) is 0 Å². The van der Waals surface area contributed by atoms with Crippen LogP contribution in [0.1, 0.15) is 70.6 Å². The van der Waals surface area contributed by atoms with Crippen LogP contribution in [0.2, 0.25) is 0 Å². The van der Waals surface area contributed by atoms with Crippen molar-refractivity contribution in [1.29, 1.82) is 5.26 Å². The molecule has 2 saturated carbocycles. The first-order valence-electron chi connectivity index (χ1n) is 7.54. The van der Waals surface area contributed by atoms with Gasteiger partial charge in [0, 0.05) is 6.04 Å². The minimum atomic E-state index is 0.112. The molecule has 0 amide bonds. The van der Waals surface area contributed by atoms with Crippen LogP contribution in [0.4, 0.5) is 0 Å². The van der Waals surface area contributed by atoms with Crippen molar-refractivity contribution in [1.82, 2.24) is 5.32 Å². The molecule has 0 aliphatic heterocycles. The monoisotopic (exact) mass is 234 g/mol. The summed E-state index contributed by atoms with van der Waals surface area (Å²) >= 11 is 0. The highest BCUT2D eigenvalue weighted by Gasteiger charge is 2.22. The second-order valence-corrected chi connectivity index (χ2v) is 5.92. The summed E-state index contributed by atoms with van der Waals surface area (Å²) < 4.78 is 0. The van der Waals surface area contributed by atoms with Gasteiger partial charge in [-0.25, -0.2) is 0 Å². The molecule has 1 unspecified atom stereocenters. The van der Waals surface area contributed by atoms with Crippen molar-refractivity contribution in [3.8, 4) is 6.07 Å². The molecule has 0 bridgehead atoms. The first-order valence-corrected chi connectivity index (χ1v) is 7.54. The Balaban J connectivity index is 1.73. The molecule has 96 valence electrons. The predicted molar refractivity (Wildman–Crippen MR) is 70.6 cm³/mol. The fraction of sp³-hybridized carbons (Fsp3) is 0.933. The van der Waals surface area contributed by atoms with Gasteiger partial charge in [-0.2, -0.15) is 5.26 Å². The van der Waals surface area contributed by atoms with E-state index in [9.17, 15) is 5.26 Å². The third-order valence-electron chi connectivity index (χ3n) is 4.49. The molecule has 2 aliphatic rings. The Labute approximate surface area is 106 Å². The molecule has 0 saturated heterocycles. The molecule has 0 radical (unpaired) electrons. The zero-order valence-corrected chi connectivity index (χ0v) is 11.0. The zero-order chi connectivity index (χ0) is 11.9. The first-order chi connectivity index (χ1) is 8.38. The largest absolute Gasteiger partial charge is 0.299 e. The Morgan fingerprint density at radius 2 is 1.53 bits per heavy atom. The van der Waals surface area contributed by atoms with Crippen molar-refractivity contribution in [3.05, 3.63) is 0 Å². The lowest BCUT2D eigenvalue weighted by Gasteiger charge is -2.28. The Morgan fingerprint density at radius 3 is 2.12 bits per heavy atom. The van der Waals surface area contributed by atoms with Gasteiger partial charge in [-0.3, -0.25) is 5.32 Å². The van der Waals surface area contributed by atoms with Crippen LogP contribution in [0, 0.1) is 17.2 Å². The van der Waals surface area contributed by atoms with Crippen LogP contribution < -0.4 is 5.32 Å². The summed E-state index contributed by atoms with van der Waals surface area (Å²) in [6.45, 7) is 0. The SMILES string of the molecule is N#CC(CC1CCCCC1)NC1CCCCC1. The number of rotatable bonds is 4. The van der Waals surface area contributed by atoms with Crippen molar-refractivity contribution in [2.45, 2.75) is 82.7 Å². The molecule has 0 spiro atoms. The van der Waals surface area contributed by atoms with Crippen molar-refractivity contribution in [2.24, 2.45) is 5.92 Å². The normalized spacial score (nSPS) is 25.4. The van der Waals surface area contributed by atoms with Gasteiger partial charge in [0.05, 0.1) is 12.1 Å². The van der Waals surface area contributed by atoms with E-state index in [1.807, 2.05) is 0 Å². The molecule has 1 N–H and O–H groups in total. The summed E-state index contributed by atoms with van der Waals surface area (Å²) in [4.78, 5) is 0. The molecule has 0 aromatic carbocycles. The highest BCUT2D eigenvalue weighted by molar-refractivity contribution is 4.94. The standard InChI is InChI=1S/C15H26N2/c16-12-15(11-13-7-3-1-4-8-13)17-14-9-5-2-6-10-14/h13-15,17H,1-11H2. The van der Waals surface area contributed by atoms with Crippen molar-refractivity contribution >= 4 is 0 Å². The summed E-state index contributed by atoms with van der Waals surface area (Å²) in [7, 11) is 0. The highest BCUT2D eigenvalue weighted by atomic mass is 14.9. The van der Waals surface area contributed by atoms with Gasteiger partial charge < -0.3 is 0 Å². The molecule has 17 heavy (non-hydrogen) atoms. The van der Waals surface area contributed by atoms with E-state index in [-0.39, 0.29) is 6.04 Å². The molecule has 0 aromatic rings. The first kappa shape index (κ1) is 12.9. The average Bonchev–Trinajstić information content (AvgIpc) is 2.40. The lowest BCUT2D eigenvalue weighted by molar-refractivity contribution is 0.289. The number of hydrogen-bond acceptors (Lipinski definition) is 2. The van der Waals surface area contributed by atoms with Gasteiger partial charge in [-0.15, -0.1) is 0 Å². The minimum absolute atomic E-state index is 0.112. The van der Waals surface area contributed by atoms with E-state index in [1.54, 1.807) is 0 Å². The molecule has 2 fully saturated rings. The molecule has 1 atom stereocenters. The third-order valence-corrected chi connectivity index (χ3v) is 4.49. The van der Waals surface area contributed by atoms with Gasteiger partial charge in [-0.1, -0.05) is 51.4 Å². The van der Waals surface area contributed by atoms with E-state index < -0.39 is 0 Å². The highest BCUT2D eigenvalue weighted by Crippen LogP contribution is 2.28. The Hall–Kier alpha value is -0.550. The van der Waals surface area contributed by atoms with Crippen LogP contribution in [-0.2, 0) is 0 Å². The fourth-order valence-corrected chi connectivity index (χ4v) is 3.47. The molecule has 2 rings (SSSR count).